The smallest absolute Gasteiger partial charge is 0.484 e. The lowest BCUT2D eigenvalue weighted by Gasteiger charge is -2.70. The number of aryl methyl sites for hydroxylation is 1. The minimum absolute atomic E-state index is 0.00161. The number of ether oxygens (including phenoxy) is 2. The molecule has 0 spiro atoms. The van der Waals surface area contributed by atoms with Crippen LogP contribution in [-0.2, 0) is 15.1 Å². The molecule has 0 aliphatic heterocycles. The summed E-state index contributed by atoms with van der Waals surface area (Å²) in [6.07, 6.45) is 1.42. The van der Waals surface area contributed by atoms with Gasteiger partial charge in [0, 0.05) is 22.7 Å². The molecule has 1 amide bonds. The van der Waals surface area contributed by atoms with Gasteiger partial charge in [-0.25, -0.2) is 4.98 Å². The Morgan fingerprint density at radius 1 is 1.31 bits per heavy atom. The van der Waals surface area contributed by atoms with Crippen LogP contribution in [0.15, 0.2) is 30.7 Å². The second-order valence-corrected chi connectivity index (χ2v) is 9.75. The van der Waals surface area contributed by atoms with Crippen molar-refractivity contribution in [2.75, 3.05) is 6.61 Å². The van der Waals surface area contributed by atoms with Crippen LogP contribution in [0.2, 0.25) is 5.02 Å². The Labute approximate surface area is 188 Å². The number of amides is 1. The van der Waals surface area contributed by atoms with Crippen LogP contribution in [0.5, 0.6) is 5.75 Å². The zero-order valence-corrected chi connectivity index (χ0v) is 18.2. The highest BCUT2D eigenvalue weighted by atomic mass is 35.5. The first-order valence-corrected chi connectivity index (χ1v) is 10.9. The molecule has 4 aliphatic rings. The molecule has 6 rings (SSSR count). The van der Waals surface area contributed by atoms with E-state index < -0.39 is 12.5 Å². The van der Waals surface area contributed by atoms with Gasteiger partial charge in [-0.1, -0.05) is 11.6 Å². The van der Waals surface area contributed by atoms with Gasteiger partial charge in [0.1, 0.15) is 5.75 Å². The number of aromatic nitrogens is 2. The van der Waals surface area contributed by atoms with Gasteiger partial charge < -0.3 is 14.6 Å². The predicted molar refractivity (Wildman–Crippen MR) is 110 cm³/mol. The molecular weight excluding hydrogens is 447 g/mol. The fraction of sp³-hybridized carbons (Fsp3) is 0.545. The van der Waals surface area contributed by atoms with E-state index in [1.165, 1.54) is 0 Å². The SMILES string of the molecule is Cc1cc(OCC(=O)NC23CC(n4cnc(C5CC(OC(F)(F)F)C5)c4)(C2)C3)ccc1Cl. The number of halogens is 4. The molecule has 1 aromatic carbocycles. The lowest BCUT2D eigenvalue weighted by atomic mass is 9.44. The largest absolute Gasteiger partial charge is 0.522 e. The maximum Gasteiger partial charge on any atom is 0.522 e. The number of nitrogens with one attached hydrogen (secondary N) is 1. The monoisotopic (exact) mass is 469 g/mol. The molecule has 0 saturated heterocycles. The van der Waals surface area contributed by atoms with Crippen molar-refractivity contribution in [2.24, 2.45) is 0 Å². The molecule has 2 aromatic rings. The molecule has 0 radical (unpaired) electrons. The number of rotatable bonds is 7. The summed E-state index contributed by atoms with van der Waals surface area (Å²) in [5.74, 6) is 0.432. The van der Waals surface area contributed by atoms with Crippen LogP contribution >= 0.6 is 11.6 Å². The van der Waals surface area contributed by atoms with E-state index in [4.69, 9.17) is 16.3 Å². The van der Waals surface area contributed by atoms with Crippen molar-refractivity contribution in [3.05, 3.63) is 47.0 Å². The third kappa shape index (κ3) is 3.96. The van der Waals surface area contributed by atoms with Crippen molar-refractivity contribution in [3.63, 3.8) is 0 Å². The summed E-state index contributed by atoms with van der Waals surface area (Å²) in [6.45, 7) is 1.81. The molecule has 32 heavy (non-hydrogen) atoms. The van der Waals surface area contributed by atoms with Gasteiger partial charge in [-0.05, 0) is 62.8 Å². The third-order valence-electron chi connectivity index (χ3n) is 6.87. The zero-order valence-electron chi connectivity index (χ0n) is 17.4. The first-order chi connectivity index (χ1) is 15.0. The summed E-state index contributed by atoms with van der Waals surface area (Å²) in [4.78, 5) is 16.7. The molecule has 4 saturated carbocycles. The van der Waals surface area contributed by atoms with Crippen LogP contribution in [0.4, 0.5) is 13.2 Å². The maximum atomic E-state index is 12.3. The van der Waals surface area contributed by atoms with Crippen molar-refractivity contribution in [1.82, 2.24) is 14.9 Å². The Bertz CT molecular complexity index is 1030. The molecule has 172 valence electrons. The molecule has 4 fully saturated rings. The van der Waals surface area contributed by atoms with Crippen LogP contribution in [0.3, 0.4) is 0 Å². The minimum Gasteiger partial charge on any atom is -0.484 e. The van der Waals surface area contributed by atoms with Gasteiger partial charge in [-0.2, -0.15) is 0 Å². The van der Waals surface area contributed by atoms with Crippen molar-refractivity contribution in [1.29, 1.82) is 0 Å². The predicted octanol–water partition coefficient (Wildman–Crippen LogP) is 4.45. The summed E-state index contributed by atoms with van der Waals surface area (Å²) in [6, 6.07) is 5.26. The Kier molecular flexibility index (Phi) is 4.98. The van der Waals surface area contributed by atoms with E-state index in [2.05, 4.69) is 19.6 Å². The number of carbonyl (C=O) groups excluding carboxylic acids is 1. The van der Waals surface area contributed by atoms with E-state index in [0.717, 1.165) is 30.5 Å². The van der Waals surface area contributed by atoms with Gasteiger partial charge in [-0.3, -0.25) is 9.53 Å². The molecule has 2 bridgehead atoms. The number of imidazole rings is 1. The number of benzene rings is 1. The van der Waals surface area contributed by atoms with Crippen LogP contribution in [0.25, 0.3) is 0 Å². The second kappa shape index (κ2) is 7.38. The highest BCUT2D eigenvalue weighted by Crippen LogP contribution is 2.65. The fourth-order valence-corrected chi connectivity index (χ4v) is 5.35. The van der Waals surface area contributed by atoms with E-state index in [-0.39, 0.29) is 29.5 Å². The minimum atomic E-state index is -4.58. The lowest BCUT2D eigenvalue weighted by Crippen LogP contribution is -2.78. The first kappa shape index (κ1) is 21.6. The topological polar surface area (TPSA) is 65.4 Å². The number of hydrogen-bond donors (Lipinski definition) is 1. The number of hydrogen-bond acceptors (Lipinski definition) is 4. The van der Waals surface area contributed by atoms with Crippen molar-refractivity contribution in [2.45, 2.75) is 68.5 Å². The van der Waals surface area contributed by atoms with Gasteiger partial charge in [0.15, 0.2) is 6.61 Å². The Morgan fingerprint density at radius 3 is 2.69 bits per heavy atom. The van der Waals surface area contributed by atoms with E-state index in [0.29, 0.717) is 23.6 Å². The molecule has 6 nitrogen and oxygen atoms in total. The third-order valence-corrected chi connectivity index (χ3v) is 7.29. The summed E-state index contributed by atoms with van der Waals surface area (Å²) in [7, 11) is 0. The quantitative estimate of drug-likeness (QED) is 0.650. The maximum absolute atomic E-state index is 12.3. The molecule has 1 aromatic heterocycles. The molecular formula is C22H23ClF3N3O3. The molecule has 0 unspecified atom stereocenters. The summed E-state index contributed by atoms with van der Waals surface area (Å²) >= 11 is 6.00. The average Bonchev–Trinajstić information content (AvgIpc) is 3.09. The average molecular weight is 470 g/mol. The van der Waals surface area contributed by atoms with Crippen molar-refractivity contribution in [3.8, 4) is 5.75 Å². The van der Waals surface area contributed by atoms with Crippen LogP contribution in [-0.4, -0.2) is 40.1 Å². The number of alkyl halides is 3. The number of carbonyl (C=O) groups is 1. The summed E-state index contributed by atoms with van der Waals surface area (Å²) in [5.41, 5.74) is 1.43. The van der Waals surface area contributed by atoms with Crippen LogP contribution in [0.1, 0.15) is 49.3 Å². The van der Waals surface area contributed by atoms with Gasteiger partial charge in [0.2, 0.25) is 0 Å². The number of nitrogens with zero attached hydrogens (tertiary/aromatic N) is 2. The summed E-state index contributed by atoms with van der Waals surface area (Å²) < 4.78 is 48.5. The Hall–Kier alpha value is -2.26. The lowest BCUT2D eigenvalue weighted by molar-refractivity contribution is -0.351. The van der Waals surface area contributed by atoms with Gasteiger partial charge in [0.25, 0.3) is 5.91 Å². The second-order valence-electron chi connectivity index (χ2n) is 9.34. The highest BCUT2D eigenvalue weighted by molar-refractivity contribution is 6.31. The van der Waals surface area contributed by atoms with E-state index in [1.54, 1.807) is 24.5 Å². The van der Waals surface area contributed by atoms with Crippen LogP contribution in [0, 0.1) is 6.92 Å². The van der Waals surface area contributed by atoms with Gasteiger partial charge in [0.05, 0.1) is 23.7 Å². The standard InChI is InChI=1S/C22H23ClF3N3O3/c1-13-4-15(2-3-17(13)23)31-8-19(30)28-20-9-21(10-20,11-20)29-7-18(27-12-29)14-5-16(6-14)32-22(24,25)26/h2-4,7,12,14,16H,5-6,8-11H2,1H3,(H,28,30). The van der Waals surface area contributed by atoms with Crippen molar-refractivity contribution < 1.29 is 27.4 Å². The first-order valence-electron chi connectivity index (χ1n) is 10.5. The van der Waals surface area contributed by atoms with Gasteiger partial charge >= 0.3 is 6.36 Å². The van der Waals surface area contributed by atoms with Gasteiger partial charge in [-0.15, -0.1) is 13.2 Å². The van der Waals surface area contributed by atoms with E-state index in [9.17, 15) is 18.0 Å². The molecule has 0 atom stereocenters. The van der Waals surface area contributed by atoms with Crippen LogP contribution < -0.4 is 10.1 Å². The van der Waals surface area contributed by atoms with E-state index >= 15 is 0 Å². The van der Waals surface area contributed by atoms with Crippen molar-refractivity contribution >= 4 is 17.5 Å². The Morgan fingerprint density at radius 2 is 2.03 bits per heavy atom. The molecule has 4 aliphatic carbocycles. The van der Waals surface area contributed by atoms with E-state index in [1.807, 2.05) is 13.1 Å². The molecule has 1 N–H and O–H groups in total. The molecule has 1 heterocycles. The molecule has 10 heteroatoms. The normalized spacial score (nSPS) is 30.7. The highest BCUT2D eigenvalue weighted by Gasteiger charge is 2.69. The summed E-state index contributed by atoms with van der Waals surface area (Å²) in [5, 5.41) is 3.73. The zero-order chi connectivity index (χ0) is 22.7. The Balaban J connectivity index is 1.08. The fourth-order valence-electron chi connectivity index (χ4n) is 5.23.